The molecule has 0 unspecified atom stereocenters. The topological polar surface area (TPSA) is 123 Å². The Morgan fingerprint density at radius 3 is 1.56 bits per heavy atom. The molecule has 0 heterocycles. The summed E-state index contributed by atoms with van der Waals surface area (Å²) < 4.78 is 5.24. The molecule has 4 rings (SSSR count). The lowest BCUT2D eigenvalue weighted by atomic mass is 9.77. The fraction of sp³-hybridized carbons (Fsp3) is 0.129. The van der Waals surface area contributed by atoms with Gasteiger partial charge in [-0.2, -0.15) is 0 Å². The van der Waals surface area contributed by atoms with Crippen LogP contribution in [0.4, 0.5) is 4.79 Å². The highest BCUT2D eigenvalue weighted by Crippen LogP contribution is 2.36. The summed E-state index contributed by atoms with van der Waals surface area (Å²) in [5.41, 5.74) is 4.20. The van der Waals surface area contributed by atoms with E-state index < -0.39 is 29.5 Å². The van der Waals surface area contributed by atoms with Gasteiger partial charge in [-0.3, -0.25) is 15.0 Å². The average Bonchev–Trinajstić information content (AvgIpc) is 3.00. The van der Waals surface area contributed by atoms with Gasteiger partial charge in [0.25, 0.3) is 5.91 Å². The first-order valence-corrected chi connectivity index (χ1v) is 12.5. The molecule has 8 nitrogen and oxygen atoms in total. The summed E-state index contributed by atoms with van der Waals surface area (Å²) in [6.07, 6.45) is -1.22. The molecule has 8 heteroatoms. The molecule has 198 valence electrons. The first kappa shape index (κ1) is 27.1. The van der Waals surface area contributed by atoms with Crippen LogP contribution < -0.4 is 21.9 Å². The Morgan fingerprint density at radius 1 is 0.692 bits per heavy atom. The Morgan fingerprint density at radius 2 is 1.13 bits per heavy atom. The van der Waals surface area contributed by atoms with Crippen LogP contribution in [0, 0.1) is 0 Å². The summed E-state index contributed by atoms with van der Waals surface area (Å²) in [4.78, 5) is 38.7. The number of nitrogens with two attached hydrogens (primary N) is 1. The lowest BCUT2D eigenvalue weighted by molar-refractivity contribution is -0.129. The van der Waals surface area contributed by atoms with Crippen molar-refractivity contribution < 1.29 is 19.1 Å². The normalized spacial score (nSPS) is 11.6. The van der Waals surface area contributed by atoms with Crippen molar-refractivity contribution in [2.24, 2.45) is 5.84 Å². The fourth-order valence-electron chi connectivity index (χ4n) is 4.44. The van der Waals surface area contributed by atoms with Gasteiger partial charge in [0.2, 0.25) is 5.91 Å². The second kappa shape index (κ2) is 13.0. The quantitative estimate of drug-likeness (QED) is 0.109. The number of benzene rings is 4. The summed E-state index contributed by atoms with van der Waals surface area (Å²) in [5.74, 6) is 4.15. The molecule has 0 saturated carbocycles. The third-order valence-corrected chi connectivity index (χ3v) is 6.30. The van der Waals surface area contributed by atoms with E-state index in [1.165, 1.54) is 0 Å². The van der Waals surface area contributed by atoms with Crippen LogP contribution in [-0.4, -0.2) is 23.9 Å². The van der Waals surface area contributed by atoms with Crippen molar-refractivity contribution in [3.8, 4) is 0 Å². The second-order valence-corrected chi connectivity index (χ2v) is 8.87. The zero-order chi connectivity index (χ0) is 27.5. The minimum Gasteiger partial charge on any atom is -0.445 e. The standard InChI is InChI=1S/C31H30N4O4/c32-35-29(37)27(33-30(38)39-22-23-13-5-1-6-14-23)21-28(36)34-31(24-15-7-2-8-16-24,25-17-9-3-10-18-25)26-19-11-4-12-20-26/h1-20,27H,21-22,32H2,(H,33,38)(H,34,36)(H,35,37)/t27-/m0/s1. The number of nitrogens with one attached hydrogen (secondary N) is 3. The van der Waals surface area contributed by atoms with E-state index in [4.69, 9.17) is 10.6 Å². The van der Waals surface area contributed by atoms with Crippen LogP contribution in [0.3, 0.4) is 0 Å². The molecule has 0 radical (unpaired) electrons. The average molecular weight is 523 g/mol. The van der Waals surface area contributed by atoms with Crippen LogP contribution in [0.2, 0.25) is 0 Å². The molecule has 0 saturated heterocycles. The van der Waals surface area contributed by atoms with Crippen LogP contribution >= 0.6 is 0 Å². The summed E-state index contributed by atoms with van der Waals surface area (Å²) in [7, 11) is 0. The molecule has 0 aliphatic rings. The van der Waals surface area contributed by atoms with E-state index in [2.05, 4.69) is 10.6 Å². The number of carbonyl (C=O) groups excluding carboxylic acids is 3. The highest BCUT2D eigenvalue weighted by atomic mass is 16.5. The van der Waals surface area contributed by atoms with E-state index in [0.717, 1.165) is 22.3 Å². The predicted octanol–water partition coefficient (Wildman–Crippen LogP) is 3.77. The number of hydrogen-bond acceptors (Lipinski definition) is 5. The van der Waals surface area contributed by atoms with E-state index in [1.807, 2.05) is 115 Å². The van der Waals surface area contributed by atoms with Gasteiger partial charge in [-0.1, -0.05) is 121 Å². The maximum Gasteiger partial charge on any atom is 0.408 e. The van der Waals surface area contributed by atoms with Crippen LogP contribution in [0.1, 0.15) is 28.7 Å². The minimum atomic E-state index is -1.27. The monoisotopic (exact) mass is 522 g/mol. The molecule has 0 aliphatic heterocycles. The fourth-order valence-corrected chi connectivity index (χ4v) is 4.44. The Kier molecular flexibility index (Phi) is 9.05. The molecule has 4 aromatic rings. The SMILES string of the molecule is NNC(=O)[C@H](CC(=O)NC(c1ccccc1)(c1ccccc1)c1ccccc1)NC(=O)OCc1ccccc1. The molecular formula is C31H30N4O4. The minimum absolute atomic E-state index is 0.00890. The number of alkyl carbamates (subject to hydrolysis) is 1. The largest absolute Gasteiger partial charge is 0.445 e. The van der Waals surface area contributed by atoms with Crippen LogP contribution in [0.25, 0.3) is 0 Å². The lowest BCUT2D eigenvalue weighted by Crippen LogP contribution is -2.53. The Labute approximate surface area is 227 Å². The zero-order valence-corrected chi connectivity index (χ0v) is 21.2. The molecule has 5 N–H and O–H groups in total. The molecule has 4 aromatic carbocycles. The van der Waals surface area contributed by atoms with Crippen LogP contribution in [0.15, 0.2) is 121 Å². The van der Waals surface area contributed by atoms with E-state index in [0.29, 0.717) is 0 Å². The van der Waals surface area contributed by atoms with Crippen molar-refractivity contribution in [2.75, 3.05) is 0 Å². The van der Waals surface area contributed by atoms with E-state index in [-0.39, 0.29) is 13.0 Å². The molecule has 0 spiro atoms. The summed E-state index contributed by atoms with van der Waals surface area (Å²) in [5, 5.41) is 5.63. The molecule has 0 bridgehead atoms. The van der Waals surface area contributed by atoms with Crippen molar-refractivity contribution in [1.29, 1.82) is 0 Å². The molecule has 3 amide bonds. The molecule has 0 fully saturated rings. The smallest absolute Gasteiger partial charge is 0.408 e. The van der Waals surface area contributed by atoms with Gasteiger partial charge < -0.3 is 15.4 Å². The van der Waals surface area contributed by atoms with Gasteiger partial charge in [0.05, 0.1) is 6.42 Å². The second-order valence-electron chi connectivity index (χ2n) is 8.87. The highest BCUT2D eigenvalue weighted by Gasteiger charge is 2.38. The van der Waals surface area contributed by atoms with Crippen LogP contribution in [0.5, 0.6) is 0 Å². The first-order valence-electron chi connectivity index (χ1n) is 12.5. The zero-order valence-electron chi connectivity index (χ0n) is 21.2. The lowest BCUT2D eigenvalue weighted by Gasteiger charge is -2.37. The first-order chi connectivity index (χ1) is 19.0. The molecule has 0 aliphatic carbocycles. The van der Waals surface area contributed by atoms with Gasteiger partial charge >= 0.3 is 6.09 Å². The Balaban J connectivity index is 1.61. The van der Waals surface area contributed by atoms with Crippen molar-refractivity contribution in [3.63, 3.8) is 0 Å². The predicted molar refractivity (Wildman–Crippen MR) is 148 cm³/mol. The Hall–Kier alpha value is -4.95. The third-order valence-electron chi connectivity index (χ3n) is 6.30. The van der Waals surface area contributed by atoms with Crippen LogP contribution in [-0.2, 0) is 26.5 Å². The van der Waals surface area contributed by atoms with E-state index >= 15 is 0 Å². The highest BCUT2D eigenvalue weighted by molar-refractivity contribution is 5.91. The van der Waals surface area contributed by atoms with Crippen molar-refractivity contribution in [1.82, 2.24) is 16.1 Å². The Bertz CT molecular complexity index is 1270. The third kappa shape index (κ3) is 6.68. The van der Waals surface area contributed by atoms with E-state index in [1.54, 1.807) is 12.1 Å². The maximum absolute atomic E-state index is 13.6. The van der Waals surface area contributed by atoms with E-state index in [9.17, 15) is 14.4 Å². The van der Waals surface area contributed by atoms with Gasteiger partial charge in [0.15, 0.2) is 0 Å². The van der Waals surface area contributed by atoms with Crippen molar-refractivity contribution in [3.05, 3.63) is 144 Å². The summed E-state index contributed by atoms with van der Waals surface area (Å²) in [6, 6.07) is 36.6. The van der Waals surface area contributed by atoms with Crippen molar-refractivity contribution in [2.45, 2.75) is 24.6 Å². The number of ether oxygens (including phenoxy) is 1. The van der Waals surface area contributed by atoms with Gasteiger partial charge in [-0.05, 0) is 22.3 Å². The van der Waals surface area contributed by atoms with Crippen molar-refractivity contribution >= 4 is 17.9 Å². The molecular weight excluding hydrogens is 492 g/mol. The molecule has 1 atom stereocenters. The summed E-state index contributed by atoms with van der Waals surface area (Å²) in [6.45, 7) is 0.00890. The number of hydrazine groups is 1. The van der Waals surface area contributed by atoms with Gasteiger partial charge in [0, 0.05) is 0 Å². The number of carbonyl (C=O) groups is 3. The summed E-state index contributed by atoms with van der Waals surface area (Å²) >= 11 is 0. The number of amides is 3. The maximum atomic E-state index is 13.6. The molecule has 39 heavy (non-hydrogen) atoms. The van der Waals surface area contributed by atoms with Gasteiger partial charge in [-0.25, -0.2) is 10.6 Å². The van der Waals surface area contributed by atoms with Gasteiger partial charge in [0.1, 0.15) is 18.2 Å². The van der Waals surface area contributed by atoms with Gasteiger partial charge in [-0.15, -0.1) is 0 Å². The number of hydrogen-bond donors (Lipinski definition) is 4. The number of rotatable bonds is 10. The molecule has 0 aromatic heterocycles.